The number of hydrazone groups is 1. The van der Waals surface area contributed by atoms with Crippen LogP contribution in [0.15, 0.2) is 47.6 Å². The molecule has 0 fully saturated rings. The van der Waals surface area contributed by atoms with E-state index >= 15 is 0 Å². The highest BCUT2D eigenvalue weighted by atomic mass is 35.5. The summed E-state index contributed by atoms with van der Waals surface area (Å²) >= 11 is 12.4. The first kappa shape index (κ1) is 19.5. The molecule has 0 atom stereocenters. The number of benzene rings is 2. The second-order valence-corrected chi connectivity index (χ2v) is 7.98. The number of anilines is 1. The highest BCUT2D eigenvalue weighted by Crippen LogP contribution is 2.40. The molecule has 140 valence electrons. The number of fused-ring (bicyclic) bond motifs is 1. The molecule has 4 nitrogen and oxygen atoms in total. The van der Waals surface area contributed by atoms with E-state index in [1.807, 2.05) is 12.1 Å². The summed E-state index contributed by atoms with van der Waals surface area (Å²) in [5.74, 6) is -0.333. The van der Waals surface area contributed by atoms with E-state index in [0.717, 1.165) is 16.8 Å². The summed E-state index contributed by atoms with van der Waals surface area (Å²) in [4.78, 5) is 14.3. The van der Waals surface area contributed by atoms with Gasteiger partial charge in [0, 0.05) is 34.4 Å². The molecule has 2 aromatic carbocycles. The van der Waals surface area contributed by atoms with E-state index in [-0.39, 0.29) is 11.4 Å². The number of halogens is 2. The molecule has 6 heteroatoms. The van der Waals surface area contributed by atoms with Gasteiger partial charge in [0.25, 0.3) is 5.91 Å². The van der Waals surface area contributed by atoms with Crippen LogP contribution in [0.5, 0.6) is 0 Å². The van der Waals surface area contributed by atoms with Crippen molar-refractivity contribution in [1.29, 1.82) is 0 Å². The Hall–Kier alpha value is -2.30. The molecule has 3 rings (SSSR count). The van der Waals surface area contributed by atoms with Crippen LogP contribution in [-0.4, -0.2) is 24.7 Å². The van der Waals surface area contributed by atoms with E-state index in [1.54, 1.807) is 30.5 Å². The molecule has 0 bridgehead atoms. The fourth-order valence-electron chi connectivity index (χ4n) is 3.14. The molecular formula is C21H21Cl2N3O. The van der Waals surface area contributed by atoms with Crippen molar-refractivity contribution < 1.29 is 4.79 Å². The monoisotopic (exact) mass is 401 g/mol. The molecule has 0 saturated heterocycles. The number of carbonyl (C=O) groups excluding carboxylic acids is 1. The molecule has 1 heterocycles. The van der Waals surface area contributed by atoms with Gasteiger partial charge in [0.1, 0.15) is 0 Å². The quantitative estimate of drug-likeness (QED) is 0.553. The van der Waals surface area contributed by atoms with Gasteiger partial charge in [-0.05, 0) is 56.7 Å². The smallest absolute Gasteiger partial charge is 0.271 e. The van der Waals surface area contributed by atoms with Crippen molar-refractivity contribution in [1.82, 2.24) is 5.43 Å². The lowest BCUT2D eigenvalue weighted by Gasteiger charge is -2.40. The molecule has 0 radical (unpaired) electrons. The van der Waals surface area contributed by atoms with Gasteiger partial charge >= 0.3 is 0 Å². The van der Waals surface area contributed by atoms with Crippen LogP contribution in [0, 0.1) is 0 Å². The maximum Gasteiger partial charge on any atom is 0.271 e. The van der Waals surface area contributed by atoms with Gasteiger partial charge in [-0.25, -0.2) is 5.43 Å². The number of rotatable bonds is 3. The molecule has 1 amide bonds. The van der Waals surface area contributed by atoms with Crippen molar-refractivity contribution in [3.05, 3.63) is 69.2 Å². The fourth-order valence-corrected chi connectivity index (χ4v) is 3.54. The van der Waals surface area contributed by atoms with Gasteiger partial charge in [-0.2, -0.15) is 5.10 Å². The predicted octanol–water partition coefficient (Wildman–Crippen LogP) is 5.39. The number of amides is 1. The van der Waals surface area contributed by atoms with Gasteiger partial charge in [0.15, 0.2) is 0 Å². The standard InChI is InChI=1S/C21H21Cl2N3O/c1-13-11-21(2,3)26(4)19-10-18(23)15(9-17(13)19)12-24-25-20(27)14-6-5-7-16(22)8-14/h5-12H,1-4H3,(H,25,27)/b24-12-. The Morgan fingerprint density at radius 2 is 1.96 bits per heavy atom. The topological polar surface area (TPSA) is 44.7 Å². The second kappa shape index (κ2) is 7.37. The fraction of sp³-hybridized carbons (Fsp3) is 0.238. The van der Waals surface area contributed by atoms with E-state index in [0.29, 0.717) is 15.6 Å². The van der Waals surface area contributed by atoms with Crippen molar-refractivity contribution in [3.8, 4) is 0 Å². The van der Waals surface area contributed by atoms with Crippen molar-refractivity contribution in [3.63, 3.8) is 0 Å². The molecule has 2 aromatic rings. The molecular weight excluding hydrogens is 381 g/mol. The van der Waals surface area contributed by atoms with Crippen molar-refractivity contribution in [2.24, 2.45) is 5.10 Å². The number of nitrogens with one attached hydrogen (secondary N) is 1. The van der Waals surface area contributed by atoms with Crippen LogP contribution in [0.2, 0.25) is 10.0 Å². The Kier molecular flexibility index (Phi) is 5.31. The van der Waals surface area contributed by atoms with Crippen LogP contribution in [-0.2, 0) is 0 Å². The molecule has 0 aromatic heterocycles. The Morgan fingerprint density at radius 1 is 1.22 bits per heavy atom. The average Bonchev–Trinajstić information content (AvgIpc) is 2.60. The SMILES string of the molecule is CC1=CC(C)(C)N(C)c2cc(Cl)c(/C=N\NC(=O)c3cccc(Cl)c3)cc21. The second-order valence-electron chi connectivity index (χ2n) is 7.14. The number of hydrogen-bond acceptors (Lipinski definition) is 3. The van der Waals surface area contributed by atoms with Crippen molar-refractivity contribution in [2.45, 2.75) is 26.3 Å². The summed E-state index contributed by atoms with van der Waals surface area (Å²) in [7, 11) is 2.05. The summed E-state index contributed by atoms with van der Waals surface area (Å²) < 4.78 is 0. The zero-order valence-electron chi connectivity index (χ0n) is 15.7. The van der Waals surface area contributed by atoms with Gasteiger partial charge in [-0.3, -0.25) is 4.79 Å². The summed E-state index contributed by atoms with van der Waals surface area (Å²) in [6.45, 7) is 6.41. The Balaban J connectivity index is 1.83. The first-order chi connectivity index (χ1) is 12.7. The number of nitrogens with zero attached hydrogens (tertiary/aromatic N) is 2. The highest BCUT2D eigenvalue weighted by Gasteiger charge is 2.29. The Bertz CT molecular complexity index is 964. The third kappa shape index (κ3) is 4.02. The van der Waals surface area contributed by atoms with Gasteiger partial charge in [0.2, 0.25) is 0 Å². The maximum absolute atomic E-state index is 12.1. The summed E-state index contributed by atoms with van der Waals surface area (Å²) in [6, 6.07) is 10.6. The predicted molar refractivity (Wildman–Crippen MR) is 114 cm³/mol. The largest absolute Gasteiger partial charge is 0.365 e. The maximum atomic E-state index is 12.1. The normalized spacial score (nSPS) is 15.5. The molecule has 0 saturated carbocycles. The Morgan fingerprint density at radius 3 is 2.67 bits per heavy atom. The third-order valence-corrected chi connectivity index (χ3v) is 5.35. The van der Waals surface area contributed by atoms with Crippen molar-refractivity contribution >= 4 is 46.6 Å². The minimum Gasteiger partial charge on any atom is -0.365 e. The van der Waals surface area contributed by atoms with Crippen molar-refractivity contribution in [2.75, 3.05) is 11.9 Å². The lowest BCUT2D eigenvalue weighted by molar-refractivity contribution is 0.0955. The first-order valence-corrected chi connectivity index (χ1v) is 9.31. The molecule has 0 spiro atoms. The lowest BCUT2D eigenvalue weighted by atomic mass is 9.88. The van der Waals surface area contributed by atoms with E-state index in [9.17, 15) is 4.79 Å². The van der Waals surface area contributed by atoms with Crippen LogP contribution in [0.1, 0.15) is 42.3 Å². The Labute approximate surface area is 169 Å². The van der Waals surface area contributed by atoms with E-state index < -0.39 is 0 Å². The third-order valence-electron chi connectivity index (χ3n) is 4.79. The number of likely N-dealkylation sites (N-methyl/N-ethyl adjacent to an activating group) is 1. The number of hydrogen-bond donors (Lipinski definition) is 1. The van der Waals surface area contributed by atoms with Crippen LogP contribution in [0.4, 0.5) is 5.69 Å². The van der Waals surface area contributed by atoms with Crippen LogP contribution < -0.4 is 10.3 Å². The van der Waals surface area contributed by atoms with Crippen LogP contribution in [0.3, 0.4) is 0 Å². The van der Waals surface area contributed by atoms with E-state index in [1.165, 1.54) is 5.57 Å². The summed E-state index contributed by atoms with van der Waals surface area (Å²) in [5.41, 5.74) is 6.96. The minimum atomic E-state index is -0.333. The van der Waals surface area contributed by atoms with Crippen LogP contribution in [0.25, 0.3) is 5.57 Å². The molecule has 1 N–H and O–H groups in total. The van der Waals surface area contributed by atoms with E-state index in [2.05, 4.69) is 49.3 Å². The summed E-state index contributed by atoms with van der Waals surface area (Å²) in [6.07, 6.45) is 3.78. The first-order valence-electron chi connectivity index (χ1n) is 8.55. The molecule has 0 aliphatic carbocycles. The molecule has 1 aliphatic heterocycles. The van der Waals surface area contributed by atoms with E-state index in [4.69, 9.17) is 23.2 Å². The minimum absolute atomic E-state index is 0.0824. The zero-order chi connectivity index (χ0) is 19.8. The highest BCUT2D eigenvalue weighted by molar-refractivity contribution is 6.33. The number of allylic oxidation sites excluding steroid dienone is 1. The molecule has 0 unspecified atom stereocenters. The number of carbonyl (C=O) groups is 1. The zero-order valence-corrected chi connectivity index (χ0v) is 17.2. The lowest BCUT2D eigenvalue weighted by Crippen LogP contribution is -2.42. The van der Waals surface area contributed by atoms with Gasteiger partial charge in [-0.1, -0.05) is 35.3 Å². The molecule has 27 heavy (non-hydrogen) atoms. The van der Waals surface area contributed by atoms with Gasteiger partial charge in [-0.15, -0.1) is 0 Å². The average molecular weight is 402 g/mol. The van der Waals surface area contributed by atoms with Gasteiger partial charge < -0.3 is 4.90 Å². The summed E-state index contributed by atoms with van der Waals surface area (Å²) in [5, 5.41) is 5.12. The molecule has 1 aliphatic rings. The van der Waals surface area contributed by atoms with Gasteiger partial charge in [0.05, 0.1) is 16.8 Å². The van der Waals surface area contributed by atoms with Crippen LogP contribution >= 0.6 is 23.2 Å².